The van der Waals surface area contributed by atoms with Crippen LogP contribution in [0, 0.1) is 0 Å². The zero-order valence-corrected chi connectivity index (χ0v) is 15.6. The Morgan fingerprint density at radius 1 is 0.389 bits per heavy atom. The maximum Gasteiger partial charge on any atom is 0.466 e. The van der Waals surface area contributed by atoms with Crippen LogP contribution in [0.5, 0.6) is 18.0 Å². The molecule has 0 radical (unpaired) electrons. The fourth-order valence-corrected chi connectivity index (χ4v) is 1.53. The molecule has 0 saturated carbocycles. The Balaban J connectivity index is 3.78. The van der Waals surface area contributed by atoms with Crippen molar-refractivity contribution in [2.75, 3.05) is 0 Å². The van der Waals surface area contributed by atoms with Crippen LogP contribution in [0.15, 0.2) is 0 Å². The summed E-state index contributed by atoms with van der Waals surface area (Å²) in [5, 5.41) is 0. The van der Waals surface area contributed by atoms with E-state index in [0.29, 0.717) is 0 Å². The number of halogens is 18. The van der Waals surface area contributed by atoms with Gasteiger partial charge in [-0.05, 0) is 0 Å². The minimum Gasteiger partial charge on any atom is -0.412 e. The predicted octanol–water partition coefficient (Wildman–Crippen LogP) is 5.49. The molecule has 210 valence electrons. The van der Waals surface area contributed by atoms with Crippen molar-refractivity contribution >= 4 is 0 Å². The van der Waals surface area contributed by atoms with E-state index in [1.165, 1.54) is 0 Å². The predicted molar refractivity (Wildman–Crippen MR) is 69.4 cm³/mol. The summed E-state index contributed by atoms with van der Waals surface area (Å²) in [6.07, 6.45) is -36.4. The molecule has 0 N–H and O–H groups in total. The van der Waals surface area contributed by atoms with Gasteiger partial charge in [0.2, 0.25) is 0 Å². The Hall–Kier alpha value is -2.85. The zero-order valence-electron chi connectivity index (χ0n) is 15.6. The first kappa shape index (κ1) is 31.2. The van der Waals surface area contributed by atoms with Crippen molar-refractivity contribution in [3.63, 3.8) is 0 Å². The molecule has 1 heterocycles. The van der Waals surface area contributed by atoms with E-state index in [0.717, 1.165) is 0 Å². The van der Waals surface area contributed by atoms with Gasteiger partial charge in [-0.25, -0.2) is 26.3 Å². The van der Waals surface area contributed by atoms with Gasteiger partial charge >= 0.3 is 73.4 Å². The van der Waals surface area contributed by atoms with Gasteiger partial charge in [-0.3, -0.25) is 0 Å². The molecule has 0 aromatic carbocycles. The smallest absolute Gasteiger partial charge is 0.412 e. The molecule has 1 aromatic rings. The van der Waals surface area contributed by atoms with Crippen molar-refractivity contribution in [3.05, 3.63) is 0 Å². The van der Waals surface area contributed by atoms with E-state index in [4.69, 9.17) is 0 Å². The zero-order chi connectivity index (χ0) is 28.7. The van der Waals surface area contributed by atoms with Crippen LogP contribution in [-0.4, -0.2) is 70.3 Å². The average Bonchev–Trinajstić information content (AvgIpc) is 2.64. The topological polar surface area (TPSA) is 66.4 Å². The van der Waals surface area contributed by atoms with Crippen LogP contribution < -0.4 is 14.2 Å². The van der Waals surface area contributed by atoms with E-state index in [1.807, 2.05) is 15.0 Å². The summed E-state index contributed by atoms with van der Waals surface area (Å²) in [6.45, 7) is 0. The van der Waals surface area contributed by atoms with Crippen molar-refractivity contribution in [1.82, 2.24) is 15.0 Å². The molecule has 36 heavy (non-hydrogen) atoms. The molecular formula is C12H3F18N3O3. The summed E-state index contributed by atoms with van der Waals surface area (Å²) in [4.78, 5) is 5.84. The van der Waals surface area contributed by atoms with E-state index >= 15 is 0 Å². The molecule has 0 aliphatic carbocycles. The van der Waals surface area contributed by atoms with Gasteiger partial charge in [0.05, 0.1) is 0 Å². The highest BCUT2D eigenvalue weighted by atomic mass is 19.4. The lowest BCUT2D eigenvalue weighted by atomic mass is 10.3. The van der Waals surface area contributed by atoms with Gasteiger partial charge < -0.3 is 14.2 Å². The molecule has 3 unspecified atom stereocenters. The van der Waals surface area contributed by atoms with Crippen molar-refractivity contribution in [1.29, 1.82) is 0 Å². The first-order valence-corrected chi connectivity index (χ1v) is 7.76. The second kappa shape index (κ2) is 9.55. The highest BCUT2D eigenvalue weighted by Crippen LogP contribution is 2.44. The molecule has 0 fully saturated rings. The molecule has 24 heteroatoms. The third-order valence-corrected chi connectivity index (χ3v) is 3.29. The van der Waals surface area contributed by atoms with Crippen molar-refractivity contribution in [2.45, 2.75) is 55.4 Å². The average molecular weight is 579 g/mol. The summed E-state index contributed by atoms with van der Waals surface area (Å²) in [5.74, 6) is -18.9. The Bertz CT molecular complexity index is 779. The van der Waals surface area contributed by atoms with Crippen LogP contribution in [0.2, 0.25) is 0 Å². The number of alkyl halides is 18. The molecule has 0 saturated heterocycles. The molecule has 0 aliphatic rings. The van der Waals surface area contributed by atoms with Gasteiger partial charge in [0.1, 0.15) is 0 Å². The fourth-order valence-electron chi connectivity index (χ4n) is 1.53. The highest BCUT2D eigenvalue weighted by molar-refractivity contribution is 5.13. The Labute approximate surface area is 183 Å². The van der Waals surface area contributed by atoms with Gasteiger partial charge in [0, 0.05) is 0 Å². The standard InChI is InChI=1S/C12H3F18N3O3/c13-1(14)7(19,10(22,23)24)34-4-31-5(35-8(20,2(15)16)11(25,26)27)33-6(32-4)36-9(21,3(17)18)12(28,29)30/h1-3H. The molecule has 0 spiro atoms. The molecule has 0 aliphatic heterocycles. The lowest BCUT2D eigenvalue weighted by Crippen LogP contribution is -2.54. The molecular weight excluding hydrogens is 576 g/mol. The van der Waals surface area contributed by atoms with Crippen LogP contribution in [0.4, 0.5) is 79.0 Å². The Morgan fingerprint density at radius 3 is 0.667 bits per heavy atom. The first-order chi connectivity index (χ1) is 15.8. The fraction of sp³-hybridized carbons (Fsp3) is 0.750. The molecule has 3 atom stereocenters. The molecule has 1 rings (SSSR count). The Morgan fingerprint density at radius 2 is 0.556 bits per heavy atom. The van der Waals surface area contributed by atoms with E-state index in [2.05, 4.69) is 14.2 Å². The minimum atomic E-state index is -6.83. The Kier molecular flexibility index (Phi) is 8.27. The summed E-state index contributed by atoms with van der Waals surface area (Å²) in [5.41, 5.74) is 0. The summed E-state index contributed by atoms with van der Waals surface area (Å²) in [7, 11) is 0. The lowest BCUT2D eigenvalue weighted by Gasteiger charge is -2.29. The van der Waals surface area contributed by atoms with Crippen LogP contribution in [0.3, 0.4) is 0 Å². The number of aromatic nitrogens is 3. The second-order valence-corrected chi connectivity index (χ2v) is 5.82. The van der Waals surface area contributed by atoms with E-state index in [1.54, 1.807) is 0 Å². The quantitative estimate of drug-likeness (QED) is 0.361. The van der Waals surface area contributed by atoms with Gasteiger partial charge in [0.25, 0.3) is 0 Å². The van der Waals surface area contributed by atoms with Gasteiger partial charge in [0.15, 0.2) is 0 Å². The summed E-state index contributed by atoms with van der Waals surface area (Å²) < 4.78 is 238. The van der Waals surface area contributed by atoms with Crippen LogP contribution in [0.25, 0.3) is 0 Å². The third-order valence-electron chi connectivity index (χ3n) is 3.29. The number of ether oxygens (including phenoxy) is 3. The normalized spacial score (nSPS) is 18.6. The second-order valence-electron chi connectivity index (χ2n) is 5.82. The van der Waals surface area contributed by atoms with Gasteiger partial charge in [-0.2, -0.15) is 52.7 Å². The summed E-state index contributed by atoms with van der Waals surface area (Å²) >= 11 is 0. The highest BCUT2D eigenvalue weighted by Gasteiger charge is 2.69. The van der Waals surface area contributed by atoms with Crippen molar-refractivity contribution in [3.8, 4) is 18.0 Å². The monoisotopic (exact) mass is 579 g/mol. The number of hydrogen-bond acceptors (Lipinski definition) is 6. The number of hydrogen-bond donors (Lipinski definition) is 0. The van der Waals surface area contributed by atoms with Crippen molar-refractivity contribution < 1.29 is 93.2 Å². The molecule has 0 amide bonds. The maximum atomic E-state index is 13.7. The van der Waals surface area contributed by atoms with Gasteiger partial charge in [-0.15, -0.1) is 15.0 Å². The maximum absolute atomic E-state index is 13.7. The SMILES string of the molecule is FC(F)C(F)(Oc1nc(OC(F)(C(F)F)C(F)(F)F)nc(OC(F)(C(F)F)C(F)(F)F)n1)C(F)(F)F. The van der Waals surface area contributed by atoms with E-state index in [9.17, 15) is 79.0 Å². The number of rotatable bonds is 9. The molecule has 0 bridgehead atoms. The first-order valence-electron chi connectivity index (χ1n) is 7.76. The molecule has 6 nitrogen and oxygen atoms in total. The van der Waals surface area contributed by atoms with Crippen LogP contribution >= 0.6 is 0 Å². The lowest BCUT2D eigenvalue weighted by molar-refractivity contribution is -0.346. The van der Waals surface area contributed by atoms with Crippen molar-refractivity contribution in [2.24, 2.45) is 0 Å². The van der Waals surface area contributed by atoms with E-state index < -0.39 is 73.4 Å². The number of nitrogens with zero attached hydrogens (tertiary/aromatic N) is 3. The minimum absolute atomic E-state index is 1.95. The third kappa shape index (κ3) is 5.92. The van der Waals surface area contributed by atoms with Gasteiger partial charge in [-0.1, -0.05) is 0 Å². The van der Waals surface area contributed by atoms with Crippen LogP contribution in [-0.2, 0) is 0 Å². The van der Waals surface area contributed by atoms with Crippen LogP contribution in [0.1, 0.15) is 0 Å². The molecule has 1 aromatic heterocycles. The largest absolute Gasteiger partial charge is 0.466 e. The summed E-state index contributed by atoms with van der Waals surface area (Å²) in [6, 6.07) is -8.73. The van der Waals surface area contributed by atoms with E-state index in [-0.39, 0.29) is 0 Å².